The van der Waals surface area contributed by atoms with Gasteiger partial charge >= 0.3 is 0 Å². The van der Waals surface area contributed by atoms with Gasteiger partial charge in [-0.2, -0.15) is 0 Å². The summed E-state index contributed by atoms with van der Waals surface area (Å²) in [6, 6.07) is 0.210. The fourth-order valence-electron chi connectivity index (χ4n) is 2.77. The average Bonchev–Trinajstić information content (AvgIpc) is 3.06. The van der Waals surface area contributed by atoms with Gasteiger partial charge in [0.1, 0.15) is 6.10 Å². The van der Waals surface area contributed by atoms with Crippen LogP contribution in [0.25, 0.3) is 0 Å². The summed E-state index contributed by atoms with van der Waals surface area (Å²) in [4.78, 5) is 14.1. The smallest absolute Gasteiger partial charge is 0.252 e. The van der Waals surface area contributed by atoms with Gasteiger partial charge in [0.25, 0.3) is 5.91 Å². The highest BCUT2D eigenvalue weighted by Crippen LogP contribution is 2.25. The van der Waals surface area contributed by atoms with Crippen LogP contribution >= 0.6 is 0 Å². The Morgan fingerprint density at radius 2 is 2.06 bits per heavy atom. The van der Waals surface area contributed by atoms with Crippen LogP contribution in [0.1, 0.15) is 38.5 Å². The minimum atomic E-state index is -0.336. The zero-order valence-electron chi connectivity index (χ0n) is 10.5. The Kier molecular flexibility index (Phi) is 4.41. The minimum Gasteiger partial charge on any atom is -0.409 e. The first-order chi connectivity index (χ1) is 8.72. The molecule has 18 heavy (non-hydrogen) atoms. The second-order valence-corrected chi connectivity index (χ2v) is 5.00. The van der Waals surface area contributed by atoms with Crippen molar-refractivity contribution < 1.29 is 14.7 Å². The standard InChI is InChI=1S/C12H21N3O3/c13-11(14-17)8-15(9-4-1-2-5-9)12(16)10-6-3-7-18-10/h9-10,17H,1-8H2,(H2,13,14). The third-order valence-corrected chi connectivity index (χ3v) is 3.71. The van der Waals surface area contributed by atoms with Gasteiger partial charge in [-0.15, -0.1) is 0 Å². The van der Waals surface area contributed by atoms with Gasteiger partial charge in [0.15, 0.2) is 5.84 Å². The summed E-state index contributed by atoms with van der Waals surface area (Å²) in [6.07, 6.45) is 5.63. The van der Waals surface area contributed by atoms with Crippen molar-refractivity contribution >= 4 is 11.7 Å². The second kappa shape index (κ2) is 6.04. The molecule has 0 radical (unpaired) electrons. The van der Waals surface area contributed by atoms with Crippen LogP contribution in [0.5, 0.6) is 0 Å². The summed E-state index contributed by atoms with van der Waals surface area (Å²) in [5, 5.41) is 11.6. The maximum absolute atomic E-state index is 12.4. The van der Waals surface area contributed by atoms with E-state index in [4.69, 9.17) is 15.7 Å². The molecule has 6 heteroatoms. The van der Waals surface area contributed by atoms with E-state index in [1.54, 1.807) is 4.90 Å². The number of ether oxygens (including phenoxy) is 1. The molecule has 2 aliphatic rings. The number of oxime groups is 1. The quantitative estimate of drug-likeness (QED) is 0.335. The van der Waals surface area contributed by atoms with Gasteiger partial charge in [0.05, 0.1) is 6.54 Å². The Morgan fingerprint density at radius 1 is 1.33 bits per heavy atom. The molecule has 0 aromatic heterocycles. The van der Waals surface area contributed by atoms with Crippen LogP contribution in [-0.4, -0.2) is 47.1 Å². The van der Waals surface area contributed by atoms with Crippen LogP contribution in [0.4, 0.5) is 0 Å². The molecule has 0 bridgehead atoms. The number of hydrogen-bond donors (Lipinski definition) is 2. The Bertz CT molecular complexity index is 321. The topological polar surface area (TPSA) is 88.2 Å². The lowest BCUT2D eigenvalue weighted by molar-refractivity contribution is -0.142. The summed E-state index contributed by atoms with van der Waals surface area (Å²) in [5.41, 5.74) is 5.54. The number of rotatable bonds is 4. The Labute approximate surface area is 107 Å². The van der Waals surface area contributed by atoms with Crippen LogP contribution in [0.15, 0.2) is 5.16 Å². The number of carbonyl (C=O) groups is 1. The summed E-state index contributed by atoms with van der Waals surface area (Å²) in [7, 11) is 0. The molecule has 1 unspecified atom stereocenters. The molecule has 1 amide bonds. The van der Waals surface area contributed by atoms with Crippen LogP contribution < -0.4 is 5.73 Å². The van der Waals surface area contributed by atoms with E-state index < -0.39 is 0 Å². The molecule has 0 aromatic carbocycles. The molecule has 1 aliphatic heterocycles. The average molecular weight is 255 g/mol. The highest BCUT2D eigenvalue weighted by atomic mass is 16.5. The fourth-order valence-corrected chi connectivity index (χ4v) is 2.77. The third kappa shape index (κ3) is 2.93. The van der Waals surface area contributed by atoms with Crippen molar-refractivity contribution in [1.29, 1.82) is 0 Å². The van der Waals surface area contributed by atoms with Gasteiger partial charge in [0, 0.05) is 12.6 Å². The van der Waals surface area contributed by atoms with Crippen molar-refractivity contribution in [2.24, 2.45) is 10.9 Å². The van der Waals surface area contributed by atoms with Crippen molar-refractivity contribution in [3.05, 3.63) is 0 Å². The van der Waals surface area contributed by atoms with Gasteiger partial charge in [-0.1, -0.05) is 18.0 Å². The van der Waals surface area contributed by atoms with Gasteiger partial charge in [-0.25, -0.2) is 0 Å². The molecule has 0 aromatic rings. The summed E-state index contributed by atoms with van der Waals surface area (Å²) in [6.45, 7) is 0.846. The highest BCUT2D eigenvalue weighted by Gasteiger charge is 2.33. The number of hydrogen-bond acceptors (Lipinski definition) is 4. The molecule has 0 spiro atoms. The molecule has 2 fully saturated rings. The third-order valence-electron chi connectivity index (χ3n) is 3.71. The maximum Gasteiger partial charge on any atom is 0.252 e. The van der Waals surface area contributed by atoms with Crippen molar-refractivity contribution in [1.82, 2.24) is 4.90 Å². The summed E-state index contributed by atoms with van der Waals surface area (Å²) >= 11 is 0. The molecule has 1 heterocycles. The Balaban J connectivity index is 2.04. The molecule has 6 nitrogen and oxygen atoms in total. The van der Waals surface area contributed by atoms with Crippen molar-refractivity contribution in [3.8, 4) is 0 Å². The second-order valence-electron chi connectivity index (χ2n) is 5.00. The molecule has 2 rings (SSSR count). The van der Waals surface area contributed by atoms with E-state index in [1.807, 2.05) is 0 Å². The van der Waals surface area contributed by atoms with E-state index >= 15 is 0 Å². The van der Waals surface area contributed by atoms with Gasteiger partial charge < -0.3 is 20.6 Å². The van der Waals surface area contributed by atoms with Crippen molar-refractivity contribution in [2.75, 3.05) is 13.2 Å². The molecule has 1 aliphatic carbocycles. The zero-order valence-corrected chi connectivity index (χ0v) is 10.5. The predicted molar refractivity (Wildman–Crippen MR) is 66.4 cm³/mol. The van der Waals surface area contributed by atoms with Crippen LogP contribution in [-0.2, 0) is 9.53 Å². The Hall–Kier alpha value is -1.30. The normalized spacial score (nSPS) is 25.6. The van der Waals surface area contributed by atoms with Crippen LogP contribution in [0.2, 0.25) is 0 Å². The first-order valence-electron chi connectivity index (χ1n) is 6.61. The van der Waals surface area contributed by atoms with Gasteiger partial charge in [0.2, 0.25) is 0 Å². The monoisotopic (exact) mass is 255 g/mol. The lowest BCUT2D eigenvalue weighted by atomic mass is 10.1. The van der Waals surface area contributed by atoms with Gasteiger partial charge in [-0.05, 0) is 25.7 Å². The first kappa shape index (κ1) is 13.1. The minimum absolute atomic E-state index is 0.00833. The number of amidine groups is 1. The number of nitrogens with two attached hydrogens (primary N) is 1. The van der Waals surface area contributed by atoms with Crippen LogP contribution in [0.3, 0.4) is 0 Å². The Morgan fingerprint density at radius 3 is 2.61 bits per heavy atom. The van der Waals surface area contributed by atoms with Crippen molar-refractivity contribution in [3.63, 3.8) is 0 Å². The van der Waals surface area contributed by atoms with Crippen LogP contribution in [0, 0.1) is 0 Å². The maximum atomic E-state index is 12.4. The number of carbonyl (C=O) groups excluding carboxylic acids is 1. The molecule has 1 saturated heterocycles. The van der Waals surface area contributed by atoms with E-state index in [-0.39, 0.29) is 30.4 Å². The van der Waals surface area contributed by atoms with E-state index in [0.717, 1.165) is 38.5 Å². The molecular formula is C12H21N3O3. The molecule has 3 N–H and O–H groups in total. The lowest BCUT2D eigenvalue weighted by Crippen LogP contribution is -2.48. The number of amides is 1. The van der Waals surface area contributed by atoms with E-state index in [1.165, 1.54) is 0 Å². The first-order valence-corrected chi connectivity index (χ1v) is 6.61. The largest absolute Gasteiger partial charge is 0.409 e. The molecule has 1 saturated carbocycles. The van der Waals surface area contributed by atoms with E-state index in [2.05, 4.69) is 5.16 Å². The molecule has 1 atom stereocenters. The van der Waals surface area contributed by atoms with Gasteiger partial charge in [-0.3, -0.25) is 4.79 Å². The number of nitrogens with zero attached hydrogens (tertiary/aromatic N) is 2. The van der Waals surface area contributed by atoms with E-state index in [0.29, 0.717) is 6.61 Å². The van der Waals surface area contributed by atoms with Crippen molar-refractivity contribution in [2.45, 2.75) is 50.7 Å². The summed E-state index contributed by atoms with van der Waals surface area (Å²) in [5.74, 6) is 0.0687. The summed E-state index contributed by atoms with van der Waals surface area (Å²) < 4.78 is 5.44. The SMILES string of the molecule is NC(CN(C(=O)C1CCCO1)C1CCCC1)=NO. The van der Waals surface area contributed by atoms with E-state index in [9.17, 15) is 4.79 Å². The molecule has 102 valence electrons. The fraction of sp³-hybridized carbons (Fsp3) is 0.833. The lowest BCUT2D eigenvalue weighted by Gasteiger charge is -2.30. The molecular weight excluding hydrogens is 234 g/mol. The zero-order chi connectivity index (χ0) is 13.0. The predicted octanol–water partition coefficient (Wildman–Crippen LogP) is 0.683. The highest BCUT2D eigenvalue weighted by molar-refractivity contribution is 5.89.